The molecule has 2 amide bonds. The zero-order valence-electron chi connectivity index (χ0n) is 11.1. The van der Waals surface area contributed by atoms with Crippen molar-refractivity contribution in [2.24, 2.45) is 5.73 Å². The van der Waals surface area contributed by atoms with Crippen molar-refractivity contribution in [3.05, 3.63) is 36.7 Å². The molecule has 1 aromatic heterocycles. The zero-order chi connectivity index (χ0) is 14.5. The van der Waals surface area contributed by atoms with Crippen LogP contribution in [0.25, 0.3) is 10.8 Å². The van der Waals surface area contributed by atoms with Gasteiger partial charge in [-0.15, -0.1) is 0 Å². The number of benzene rings is 1. The molecule has 0 aliphatic carbocycles. The normalized spacial score (nSPS) is 11.9. The smallest absolute Gasteiger partial charge is 0.237 e. The van der Waals surface area contributed by atoms with Crippen LogP contribution < -0.4 is 16.4 Å². The van der Waals surface area contributed by atoms with Crippen LogP contribution in [0.15, 0.2) is 36.7 Å². The van der Waals surface area contributed by atoms with Gasteiger partial charge in [-0.2, -0.15) is 0 Å². The molecule has 1 heterocycles. The second-order valence-corrected chi connectivity index (χ2v) is 4.41. The van der Waals surface area contributed by atoms with Gasteiger partial charge in [-0.1, -0.05) is 6.07 Å². The Hall–Kier alpha value is -2.47. The highest BCUT2D eigenvalue weighted by atomic mass is 16.2. The summed E-state index contributed by atoms with van der Waals surface area (Å²) >= 11 is 0. The summed E-state index contributed by atoms with van der Waals surface area (Å²) in [5.74, 6) is -0.653. The molecule has 0 saturated heterocycles. The lowest BCUT2D eigenvalue weighted by Crippen LogP contribution is -2.41. The van der Waals surface area contributed by atoms with Crippen LogP contribution in [-0.4, -0.2) is 29.9 Å². The second kappa shape index (κ2) is 6.12. The Morgan fingerprint density at radius 3 is 2.85 bits per heavy atom. The molecule has 20 heavy (non-hydrogen) atoms. The van der Waals surface area contributed by atoms with E-state index in [9.17, 15) is 9.59 Å². The summed E-state index contributed by atoms with van der Waals surface area (Å²) in [6, 6.07) is 6.52. The number of nitrogens with two attached hydrogens (primary N) is 1. The Kier molecular flexibility index (Phi) is 4.27. The molecule has 6 heteroatoms. The first-order chi connectivity index (χ1) is 9.60. The fraction of sp³-hybridized carbons (Fsp3) is 0.214. The molecular formula is C14H16N4O2. The summed E-state index contributed by atoms with van der Waals surface area (Å²) in [7, 11) is 1.48. The lowest BCUT2D eigenvalue weighted by atomic mass is 10.1. The Labute approximate surface area is 116 Å². The summed E-state index contributed by atoms with van der Waals surface area (Å²) in [6.45, 7) is 0. The predicted molar refractivity (Wildman–Crippen MR) is 77.0 cm³/mol. The molecule has 0 aliphatic heterocycles. The van der Waals surface area contributed by atoms with Gasteiger partial charge in [-0.3, -0.25) is 14.6 Å². The molecule has 0 fully saturated rings. The van der Waals surface area contributed by atoms with E-state index in [0.29, 0.717) is 5.69 Å². The van der Waals surface area contributed by atoms with E-state index < -0.39 is 6.04 Å². The summed E-state index contributed by atoms with van der Waals surface area (Å²) < 4.78 is 0. The van der Waals surface area contributed by atoms with Crippen LogP contribution >= 0.6 is 0 Å². The monoisotopic (exact) mass is 272 g/mol. The van der Waals surface area contributed by atoms with E-state index in [2.05, 4.69) is 15.6 Å². The number of anilines is 1. The maximum Gasteiger partial charge on any atom is 0.237 e. The molecular weight excluding hydrogens is 256 g/mol. The first-order valence-corrected chi connectivity index (χ1v) is 6.21. The standard InChI is InChI=1S/C14H16N4O2/c1-16-14(20)12(15)7-13(19)18-11-3-2-10-8-17-5-4-9(10)6-11/h2-6,8,12H,7,15H2,1H3,(H,16,20)(H,18,19). The van der Waals surface area contributed by atoms with Crippen molar-refractivity contribution in [2.75, 3.05) is 12.4 Å². The number of nitrogens with zero attached hydrogens (tertiary/aromatic N) is 1. The fourth-order valence-corrected chi connectivity index (χ4v) is 1.85. The highest BCUT2D eigenvalue weighted by molar-refractivity contribution is 5.97. The number of likely N-dealkylation sites (N-methyl/N-ethyl adjacent to an activating group) is 1. The van der Waals surface area contributed by atoms with E-state index in [-0.39, 0.29) is 18.2 Å². The van der Waals surface area contributed by atoms with E-state index >= 15 is 0 Å². The van der Waals surface area contributed by atoms with E-state index in [1.165, 1.54) is 7.05 Å². The SMILES string of the molecule is CNC(=O)C(N)CC(=O)Nc1ccc2cnccc2c1. The fourth-order valence-electron chi connectivity index (χ4n) is 1.85. The number of fused-ring (bicyclic) bond motifs is 1. The number of pyridine rings is 1. The summed E-state index contributed by atoms with van der Waals surface area (Å²) in [5, 5.41) is 7.10. The number of rotatable bonds is 4. The van der Waals surface area contributed by atoms with E-state index in [0.717, 1.165) is 10.8 Å². The second-order valence-electron chi connectivity index (χ2n) is 4.41. The van der Waals surface area contributed by atoms with Crippen LogP contribution in [0, 0.1) is 0 Å². The third-order valence-corrected chi connectivity index (χ3v) is 2.91. The van der Waals surface area contributed by atoms with Gasteiger partial charge in [0, 0.05) is 30.5 Å². The highest BCUT2D eigenvalue weighted by Crippen LogP contribution is 2.18. The van der Waals surface area contributed by atoms with Crippen molar-refractivity contribution in [3.8, 4) is 0 Å². The average Bonchev–Trinajstić information content (AvgIpc) is 2.46. The molecule has 1 aromatic carbocycles. The lowest BCUT2D eigenvalue weighted by molar-refractivity contribution is -0.125. The molecule has 4 N–H and O–H groups in total. The number of hydrogen-bond acceptors (Lipinski definition) is 4. The molecule has 6 nitrogen and oxygen atoms in total. The van der Waals surface area contributed by atoms with Crippen molar-refractivity contribution in [1.29, 1.82) is 0 Å². The molecule has 0 aliphatic rings. The number of carbonyl (C=O) groups is 2. The van der Waals surface area contributed by atoms with E-state index in [1.807, 2.05) is 18.2 Å². The third kappa shape index (κ3) is 3.30. The Bertz CT molecular complexity index is 642. The Morgan fingerprint density at radius 1 is 1.30 bits per heavy atom. The Balaban J connectivity index is 2.04. The number of carbonyl (C=O) groups excluding carboxylic acids is 2. The zero-order valence-corrected chi connectivity index (χ0v) is 11.1. The van der Waals surface area contributed by atoms with Gasteiger partial charge < -0.3 is 16.4 Å². The van der Waals surface area contributed by atoms with Crippen LogP contribution in [0.2, 0.25) is 0 Å². The van der Waals surface area contributed by atoms with E-state index in [4.69, 9.17) is 5.73 Å². The summed E-state index contributed by atoms with van der Waals surface area (Å²) in [5.41, 5.74) is 6.26. The van der Waals surface area contributed by atoms with Gasteiger partial charge >= 0.3 is 0 Å². The Morgan fingerprint density at radius 2 is 2.10 bits per heavy atom. The van der Waals surface area contributed by atoms with Crippen LogP contribution in [0.1, 0.15) is 6.42 Å². The van der Waals surface area contributed by atoms with Crippen molar-refractivity contribution >= 4 is 28.3 Å². The molecule has 1 atom stereocenters. The van der Waals surface area contributed by atoms with Crippen molar-refractivity contribution in [3.63, 3.8) is 0 Å². The van der Waals surface area contributed by atoms with Gasteiger partial charge in [-0.25, -0.2) is 0 Å². The third-order valence-electron chi connectivity index (χ3n) is 2.91. The van der Waals surface area contributed by atoms with Crippen LogP contribution in [0.4, 0.5) is 5.69 Å². The topological polar surface area (TPSA) is 97.1 Å². The van der Waals surface area contributed by atoms with Gasteiger partial charge in [-0.05, 0) is 23.6 Å². The van der Waals surface area contributed by atoms with Gasteiger partial charge in [0.2, 0.25) is 11.8 Å². The van der Waals surface area contributed by atoms with Gasteiger partial charge in [0.25, 0.3) is 0 Å². The average molecular weight is 272 g/mol. The minimum Gasteiger partial charge on any atom is -0.358 e. The minimum atomic E-state index is -0.843. The molecule has 104 valence electrons. The molecule has 0 radical (unpaired) electrons. The number of hydrogen-bond donors (Lipinski definition) is 3. The summed E-state index contributed by atoms with van der Waals surface area (Å²) in [4.78, 5) is 27.1. The largest absolute Gasteiger partial charge is 0.358 e. The minimum absolute atomic E-state index is 0.0615. The maximum atomic E-state index is 11.8. The van der Waals surface area contributed by atoms with Gasteiger partial charge in [0.15, 0.2) is 0 Å². The molecule has 0 spiro atoms. The van der Waals surface area contributed by atoms with Crippen molar-refractivity contribution in [2.45, 2.75) is 12.5 Å². The molecule has 1 unspecified atom stereocenters. The van der Waals surface area contributed by atoms with Gasteiger partial charge in [0.1, 0.15) is 0 Å². The molecule has 0 saturated carbocycles. The van der Waals surface area contributed by atoms with Crippen LogP contribution in [-0.2, 0) is 9.59 Å². The maximum absolute atomic E-state index is 11.8. The summed E-state index contributed by atoms with van der Waals surface area (Å²) in [6.07, 6.45) is 3.38. The van der Waals surface area contributed by atoms with Crippen molar-refractivity contribution < 1.29 is 9.59 Å². The first kappa shape index (κ1) is 14.0. The van der Waals surface area contributed by atoms with Crippen LogP contribution in [0.5, 0.6) is 0 Å². The van der Waals surface area contributed by atoms with Crippen molar-refractivity contribution in [1.82, 2.24) is 10.3 Å². The number of nitrogens with one attached hydrogen (secondary N) is 2. The predicted octanol–water partition coefficient (Wildman–Crippen LogP) is 0.637. The number of aromatic nitrogens is 1. The highest BCUT2D eigenvalue weighted by Gasteiger charge is 2.16. The van der Waals surface area contributed by atoms with Crippen LogP contribution in [0.3, 0.4) is 0 Å². The number of amides is 2. The van der Waals surface area contributed by atoms with Gasteiger partial charge in [0.05, 0.1) is 12.5 Å². The lowest BCUT2D eigenvalue weighted by Gasteiger charge is -2.10. The molecule has 2 rings (SSSR count). The molecule has 2 aromatic rings. The van der Waals surface area contributed by atoms with E-state index in [1.54, 1.807) is 18.5 Å². The quantitative estimate of drug-likeness (QED) is 0.760. The first-order valence-electron chi connectivity index (χ1n) is 6.21. The molecule has 0 bridgehead atoms.